The van der Waals surface area contributed by atoms with Crippen molar-refractivity contribution in [2.75, 3.05) is 5.32 Å². The number of nitrogens with one attached hydrogen (secondary N) is 1. The van der Waals surface area contributed by atoms with Crippen LogP contribution in [0, 0.1) is 22.9 Å². The smallest absolute Gasteiger partial charge is 0.311 e. The molecule has 120 valence electrons. The minimum Gasteiger partial charge on any atom is -0.474 e. The lowest BCUT2D eigenvalue weighted by atomic mass is 10.2. The number of hydrogen-bond acceptors (Lipinski definition) is 4. The number of halogens is 1. The molecule has 0 aliphatic carbocycles. The quantitative estimate of drug-likeness (QED) is 0.676. The number of aryl methyl sites for hydroxylation is 1. The van der Waals surface area contributed by atoms with Crippen LogP contribution in [-0.4, -0.2) is 16.9 Å². The molecule has 0 aliphatic heterocycles. The second-order valence-corrected chi connectivity index (χ2v) is 4.98. The second-order valence-electron chi connectivity index (χ2n) is 4.98. The van der Waals surface area contributed by atoms with Gasteiger partial charge in [0.25, 0.3) is 5.91 Å². The molecular formula is C16H15FN2O4. The average Bonchev–Trinajstić information content (AvgIpc) is 2.49. The van der Waals surface area contributed by atoms with Crippen molar-refractivity contribution in [2.45, 2.75) is 20.0 Å². The van der Waals surface area contributed by atoms with E-state index in [9.17, 15) is 19.3 Å². The van der Waals surface area contributed by atoms with E-state index in [0.717, 1.165) is 23.8 Å². The molecule has 0 aromatic heterocycles. The van der Waals surface area contributed by atoms with Gasteiger partial charge in [-0.2, -0.15) is 0 Å². The summed E-state index contributed by atoms with van der Waals surface area (Å²) < 4.78 is 18.5. The van der Waals surface area contributed by atoms with Crippen molar-refractivity contribution >= 4 is 17.3 Å². The van der Waals surface area contributed by atoms with Crippen LogP contribution in [-0.2, 0) is 4.79 Å². The fourth-order valence-electron chi connectivity index (χ4n) is 1.86. The van der Waals surface area contributed by atoms with Crippen LogP contribution in [0.2, 0.25) is 0 Å². The van der Waals surface area contributed by atoms with Gasteiger partial charge in [-0.3, -0.25) is 14.9 Å². The fraction of sp³-hybridized carbons (Fsp3) is 0.188. The van der Waals surface area contributed by atoms with Crippen LogP contribution in [0.1, 0.15) is 12.5 Å². The van der Waals surface area contributed by atoms with Gasteiger partial charge in [0, 0.05) is 17.8 Å². The van der Waals surface area contributed by atoms with Gasteiger partial charge in [-0.1, -0.05) is 17.7 Å². The highest BCUT2D eigenvalue weighted by Crippen LogP contribution is 2.28. The van der Waals surface area contributed by atoms with Crippen LogP contribution in [0.25, 0.3) is 0 Å². The molecular weight excluding hydrogens is 303 g/mol. The van der Waals surface area contributed by atoms with E-state index in [2.05, 4.69) is 5.32 Å². The van der Waals surface area contributed by atoms with E-state index in [0.29, 0.717) is 5.69 Å². The summed E-state index contributed by atoms with van der Waals surface area (Å²) in [5, 5.41) is 13.5. The molecule has 0 radical (unpaired) electrons. The Hall–Kier alpha value is -2.96. The molecule has 0 saturated heterocycles. The van der Waals surface area contributed by atoms with Gasteiger partial charge in [-0.15, -0.1) is 0 Å². The maximum Gasteiger partial charge on any atom is 0.311 e. The van der Waals surface area contributed by atoms with Crippen molar-refractivity contribution in [1.29, 1.82) is 0 Å². The van der Waals surface area contributed by atoms with E-state index in [1.165, 1.54) is 6.92 Å². The van der Waals surface area contributed by atoms with E-state index in [-0.39, 0.29) is 5.75 Å². The molecule has 6 nitrogen and oxygen atoms in total. The molecule has 23 heavy (non-hydrogen) atoms. The van der Waals surface area contributed by atoms with E-state index >= 15 is 0 Å². The van der Waals surface area contributed by atoms with Crippen molar-refractivity contribution in [3.05, 3.63) is 64.0 Å². The number of amides is 1. The number of benzene rings is 2. The standard InChI is InChI=1S/C16H15FN2O4/c1-10-3-6-13(7-4-10)18-16(20)11(2)23-15-9-12(17)5-8-14(15)19(21)22/h3-9,11H,1-2H3,(H,18,20)/t11-/m0/s1. The van der Waals surface area contributed by atoms with Gasteiger partial charge in [-0.25, -0.2) is 4.39 Å². The fourth-order valence-corrected chi connectivity index (χ4v) is 1.86. The summed E-state index contributed by atoms with van der Waals surface area (Å²) in [4.78, 5) is 22.3. The summed E-state index contributed by atoms with van der Waals surface area (Å²) >= 11 is 0. The summed E-state index contributed by atoms with van der Waals surface area (Å²) in [5.74, 6) is -1.47. The first kappa shape index (κ1) is 16.4. The van der Waals surface area contributed by atoms with Gasteiger partial charge in [0.05, 0.1) is 4.92 Å². The molecule has 0 fully saturated rings. The molecule has 1 amide bonds. The third kappa shape index (κ3) is 4.26. The number of nitrogens with zero attached hydrogens (tertiary/aromatic N) is 1. The minimum absolute atomic E-state index is 0.290. The maximum absolute atomic E-state index is 13.2. The summed E-state index contributed by atoms with van der Waals surface area (Å²) in [6.07, 6.45) is -1.03. The van der Waals surface area contributed by atoms with Gasteiger partial charge in [0.1, 0.15) is 5.82 Å². The maximum atomic E-state index is 13.2. The number of carbonyl (C=O) groups excluding carboxylic acids is 1. The Bertz CT molecular complexity index is 731. The predicted octanol–water partition coefficient (Wildman–Crippen LogP) is 3.45. The Morgan fingerprint density at radius 2 is 1.91 bits per heavy atom. The number of rotatable bonds is 5. The van der Waals surface area contributed by atoms with Crippen LogP contribution in [0.3, 0.4) is 0 Å². The highest BCUT2D eigenvalue weighted by Gasteiger charge is 2.21. The average molecular weight is 318 g/mol. The Morgan fingerprint density at radius 3 is 2.52 bits per heavy atom. The largest absolute Gasteiger partial charge is 0.474 e. The summed E-state index contributed by atoms with van der Waals surface area (Å²) in [5.41, 5.74) is 1.22. The van der Waals surface area contributed by atoms with Crippen LogP contribution in [0.4, 0.5) is 15.8 Å². The van der Waals surface area contributed by atoms with Gasteiger partial charge in [-0.05, 0) is 32.0 Å². The molecule has 1 N–H and O–H groups in total. The predicted molar refractivity (Wildman–Crippen MR) is 83.0 cm³/mol. The van der Waals surface area contributed by atoms with Crippen LogP contribution in [0.5, 0.6) is 5.75 Å². The van der Waals surface area contributed by atoms with E-state index in [4.69, 9.17) is 4.74 Å². The Balaban J connectivity index is 2.10. The molecule has 0 heterocycles. The Kier molecular flexibility index (Phi) is 4.90. The SMILES string of the molecule is Cc1ccc(NC(=O)[C@H](C)Oc2cc(F)ccc2[N+](=O)[O-])cc1. The van der Waals surface area contributed by atoms with Crippen molar-refractivity contribution in [3.63, 3.8) is 0 Å². The number of ether oxygens (including phenoxy) is 1. The van der Waals surface area contributed by atoms with Crippen LogP contribution >= 0.6 is 0 Å². The number of carbonyl (C=O) groups is 1. The first-order valence-corrected chi connectivity index (χ1v) is 6.85. The summed E-state index contributed by atoms with van der Waals surface area (Å²) in [6, 6.07) is 9.96. The molecule has 0 bridgehead atoms. The van der Waals surface area contributed by atoms with Gasteiger partial charge < -0.3 is 10.1 Å². The molecule has 7 heteroatoms. The molecule has 2 aromatic rings. The first-order chi connectivity index (χ1) is 10.9. The number of nitro benzene ring substituents is 1. The first-order valence-electron chi connectivity index (χ1n) is 6.85. The normalized spacial score (nSPS) is 11.6. The zero-order valence-corrected chi connectivity index (χ0v) is 12.6. The zero-order valence-electron chi connectivity index (χ0n) is 12.6. The molecule has 2 rings (SSSR count). The molecule has 0 spiro atoms. The van der Waals surface area contributed by atoms with Gasteiger partial charge >= 0.3 is 5.69 Å². The Labute approximate surface area is 132 Å². The van der Waals surface area contributed by atoms with E-state index < -0.39 is 28.4 Å². The number of nitro groups is 1. The van der Waals surface area contributed by atoms with Crippen molar-refractivity contribution in [1.82, 2.24) is 0 Å². The lowest BCUT2D eigenvalue weighted by Crippen LogP contribution is -2.30. The molecule has 1 atom stereocenters. The highest BCUT2D eigenvalue weighted by molar-refractivity contribution is 5.94. The minimum atomic E-state index is -1.03. The van der Waals surface area contributed by atoms with Crippen LogP contribution in [0.15, 0.2) is 42.5 Å². The third-order valence-corrected chi connectivity index (χ3v) is 3.11. The highest BCUT2D eigenvalue weighted by atomic mass is 19.1. The molecule has 0 saturated carbocycles. The van der Waals surface area contributed by atoms with Crippen molar-refractivity contribution in [2.24, 2.45) is 0 Å². The second kappa shape index (κ2) is 6.87. The number of anilines is 1. The van der Waals surface area contributed by atoms with E-state index in [1.54, 1.807) is 12.1 Å². The van der Waals surface area contributed by atoms with Crippen molar-refractivity contribution in [3.8, 4) is 5.75 Å². The third-order valence-electron chi connectivity index (χ3n) is 3.11. The zero-order chi connectivity index (χ0) is 17.0. The summed E-state index contributed by atoms with van der Waals surface area (Å²) in [6.45, 7) is 3.35. The Morgan fingerprint density at radius 1 is 1.26 bits per heavy atom. The lowest BCUT2D eigenvalue weighted by molar-refractivity contribution is -0.386. The lowest BCUT2D eigenvalue weighted by Gasteiger charge is -2.15. The molecule has 0 aliphatic rings. The topological polar surface area (TPSA) is 81.5 Å². The molecule has 0 unspecified atom stereocenters. The van der Waals surface area contributed by atoms with Gasteiger partial charge in [0.15, 0.2) is 6.10 Å². The van der Waals surface area contributed by atoms with Crippen molar-refractivity contribution < 1.29 is 18.8 Å². The van der Waals surface area contributed by atoms with Crippen LogP contribution < -0.4 is 10.1 Å². The number of hydrogen-bond donors (Lipinski definition) is 1. The monoisotopic (exact) mass is 318 g/mol. The summed E-state index contributed by atoms with van der Waals surface area (Å²) in [7, 11) is 0. The van der Waals surface area contributed by atoms with E-state index in [1.807, 2.05) is 19.1 Å². The van der Waals surface area contributed by atoms with Gasteiger partial charge in [0.2, 0.25) is 5.75 Å². The molecule has 2 aromatic carbocycles.